The average Bonchev–Trinajstić information content (AvgIpc) is 2.75. The third-order valence-electron chi connectivity index (χ3n) is 3.30. The number of carbonyl (C=O) groups is 1. The lowest BCUT2D eigenvalue weighted by atomic mass is 10.1. The van der Waals surface area contributed by atoms with E-state index in [1.807, 2.05) is 32.8 Å². The van der Waals surface area contributed by atoms with Gasteiger partial charge in [-0.25, -0.2) is 0 Å². The molecule has 0 saturated heterocycles. The quantitative estimate of drug-likeness (QED) is 0.803. The number of nitrogens with two attached hydrogens (primary N) is 1. The van der Waals surface area contributed by atoms with E-state index in [2.05, 4.69) is 28.9 Å². The van der Waals surface area contributed by atoms with E-state index in [1.54, 1.807) is 0 Å². The van der Waals surface area contributed by atoms with Crippen LogP contribution < -0.4 is 5.73 Å². The number of likely N-dealkylation sites (N-methyl/N-ethyl adjacent to an activating group) is 1. The minimum Gasteiger partial charge on any atom is -0.395 e. The molecule has 0 saturated carbocycles. The van der Waals surface area contributed by atoms with E-state index in [0.29, 0.717) is 30.4 Å². The second kappa shape index (κ2) is 7.45. The zero-order chi connectivity index (χ0) is 16.2. The van der Waals surface area contributed by atoms with E-state index >= 15 is 0 Å². The summed E-state index contributed by atoms with van der Waals surface area (Å²) in [4.78, 5) is 16.6. The number of nitrogen functional groups attached to an aromatic ring is 1. The van der Waals surface area contributed by atoms with Crippen LogP contribution in [-0.4, -0.2) is 59.6 Å². The Bertz CT molecular complexity index is 465. The number of aromatic nitrogens is 2. The van der Waals surface area contributed by atoms with Crippen LogP contribution in [-0.2, 0) is 0 Å². The summed E-state index contributed by atoms with van der Waals surface area (Å²) in [5.74, 6) is 0.534. The Hall–Kier alpha value is -1.56. The first-order valence-electron chi connectivity index (χ1n) is 7.51. The van der Waals surface area contributed by atoms with Crippen molar-refractivity contribution in [2.24, 2.45) is 5.92 Å². The Morgan fingerprint density at radius 3 is 2.29 bits per heavy atom. The highest BCUT2D eigenvalue weighted by atomic mass is 16.2. The fourth-order valence-corrected chi connectivity index (χ4v) is 2.15. The fourth-order valence-electron chi connectivity index (χ4n) is 2.15. The van der Waals surface area contributed by atoms with Crippen molar-refractivity contribution >= 4 is 11.6 Å². The molecule has 0 unspecified atom stereocenters. The molecule has 1 amide bonds. The van der Waals surface area contributed by atoms with Crippen LogP contribution in [0, 0.1) is 5.92 Å². The molecule has 1 heterocycles. The maximum absolute atomic E-state index is 12.7. The number of carbonyl (C=O) groups excluding carboxylic acids is 1. The van der Waals surface area contributed by atoms with Gasteiger partial charge in [-0.3, -0.25) is 9.89 Å². The van der Waals surface area contributed by atoms with Gasteiger partial charge in [-0.15, -0.1) is 0 Å². The van der Waals surface area contributed by atoms with Crippen molar-refractivity contribution in [3.8, 4) is 0 Å². The molecule has 0 aliphatic rings. The van der Waals surface area contributed by atoms with Gasteiger partial charge >= 0.3 is 0 Å². The largest absolute Gasteiger partial charge is 0.395 e. The molecule has 1 aromatic heterocycles. The number of anilines is 1. The molecular weight excluding hydrogens is 266 g/mol. The van der Waals surface area contributed by atoms with Gasteiger partial charge < -0.3 is 15.5 Å². The molecule has 0 radical (unpaired) electrons. The summed E-state index contributed by atoms with van der Waals surface area (Å²) in [6.07, 6.45) is 0. The van der Waals surface area contributed by atoms with Gasteiger partial charge in [0.2, 0.25) is 0 Å². The Kier molecular flexibility index (Phi) is 6.20. The standard InChI is InChI=1S/C15H29N5O/c1-10(2)9-20(8-7-19(5)6)15(21)14-12(16)13(11(3)4)17-18-14/h10-11H,7-9,16H2,1-6H3,(H,17,18). The van der Waals surface area contributed by atoms with Gasteiger partial charge in [-0.1, -0.05) is 27.7 Å². The minimum absolute atomic E-state index is 0.0915. The molecule has 0 aromatic carbocycles. The number of aromatic amines is 1. The van der Waals surface area contributed by atoms with Crippen molar-refractivity contribution in [2.45, 2.75) is 33.6 Å². The van der Waals surface area contributed by atoms with Crippen molar-refractivity contribution in [1.29, 1.82) is 0 Å². The summed E-state index contributed by atoms with van der Waals surface area (Å²) < 4.78 is 0. The predicted molar refractivity (Wildman–Crippen MR) is 86.4 cm³/mol. The number of amides is 1. The summed E-state index contributed by atoms with van der Waals surface area (Å²) >= 11 is 0. The average molecular weight is 295 g/mol. The number of hydrogen-bond acceptors (Lipinski definition) is 4. The molecule has 0 bridgehead atoms. The van der Waals surface area contributed by atoms with Crippen LogP contribution in [0.25, 0.3) is 0 Å². The first-order valence-corrected chi connectivity index (χ1v) is 7.51. The molecule has 120 valence electrons. The van der Waals surface area contributed by atoms with Gasteiger partial charge in [0, 0.05) is 19.6 Å². The molecular formula is C15H29N5O. The van der Waals surface area contributed by atoms with Crippen molar-refractivity contribution in [1.82, 2.24) is 20.0 Å². The van der Waals surface area contributed by atoms with Crippen LogP contribution in [0.4, 0.5) is 5.69 Å². The number of nitrogens with zero attached hydrogens (tertiary/aromatic N) is 3. The second-order valence-corrected chi connectivity index (χ2v) is 6.50. The highest BCUT2D eigenvalue weighted by Crippen LogP contribution is 2.23. The summed E-state index contributed by atoms with van der Waals surface area (Å²) in [6.45, 7) is 10.4. The molecule has 6 heteroatoms. The van der Waals surface area contributed by atoms with E-state index < -0.39 is 0 Å². The Labute approximate surface area is 127 Å². The third kappa shape index (κ3) is 4.74. The van der Waals surface area contributed by atoms with Gasteiger partial charge in [-0.05, 0) is 25.9 Å². The number of nitrogens with one attached hydrogen (secondary N) is 1. The van der Waals surface area contributed by atoms with Crippen molar-refractivity contribution in [2.75, 3.05) is 39.5 Å². The molecule has 1 rings (SSSR count). The topological polar surface area (TPSA) is 78.2 Å². The summed E-state index contributed by atoms with van der Waals surface area (Å²) in [5, 5.41) is 7.03. The first-order chi connectivity index (χ1) is 9.73. The summed E-state index contributed by atoms with van der Waals surface area (Å²) in [7, 11) is 4.00. The first kappa shape index (κ1) is 17.5. The molecule has 0 aliphatic carbocycles. The van der Waals surface area contributed by atoms with E-state index in [0.717, 1.165) is 12.2 Å². The lowest BCUT2D eigenvalue weighted by Crippen LogP contribution is -2.39. The molecule has 0 spiro atoms. The second-order valence-electron chi connectivity index (χ2n) is 6.50. The van der Waals surface area contributed by atoms with Gasteiger partial charge in [0.25, 0.3) is 5.91 Å². The molecule has 21 heavy (non-hydrogen) atoms. The normalized spacial score (nSPS) is 11.7. The Balaban J connectivity index is 2.93. The van der Waals surface area contributed by atoms with E-state index in [4.69, 9.17) is 5.73 Å². The number of hydrogen-bond donors (Lipinski definition) is 2. The van der Waals surface area contributed by atoms with Gasteiger partial charge in [-0.2, -0.15) is 5.10 Å². The molecule has 6 nitrogen and oxygen atoms in total. The molecule has 0 fully saturated rings. The molecule has 0 atom stereocenters. The maximum atomic E-state index is 12.7. The highest BCUT2D eigenvalue weighted by Gasteiger charge is 2.24. The van der Waals surface area contributed by atoms with Crippen LogP contribution in [0.2, 0.25) is 0 Å². The third-order valence-corrected chi connectivity index (χ3v) is 3.30. The lowest BCUT2D eigenvalue weighted by molar-refractivity contribution is 0.0720. The number of H-pyrrole nitrogens is 1. The van der Waals surface area contributed by atoms with E-state index in [1.165, 1.54) is 0 Å². The van der Waals surface area contributed by atoms with Gasteiger partial charge in [0.05, 0.1) is 11.4 Å². The monoisotopic (exact) mass is 295 g/mol. The highest BCUT2D eigenvalue weighted by molar-refractivity contribution is 5.97. The molecule has 3 N–H and O–H groups in total. The van der Waals surface area contributed by atoms with Crippen LogP contribution in [0.3, 0.4) is 0 Å². The van der Waals surface area contributed by atoms with Crippen molar-refractivity contribution in [3.63, 3.8) is 0 Å². The SMILES string of the molecule is CC(C)CN(CCN(C)C)C(=O)c1n[nH]c(C(C)C)c1N. The number of rotatable bonds is 7. The lowest BCUT2D eigenvalue weighted by Gasteiger charge is -2.25. The Morgan fingerprint density at radius 1 is 1.24 bits per heavy atom. The zero-order valence-corrected chi connectivity index (χ0v) is 14.1. The zero-order valence-electron chi connectivity index (χ0n) is 14.1. The minimum atomic E-state index is -0.0915. The van der Waals surface area contributed by atoms with Crippen LogP contribution in [0.5, 0.6) is 0 Å². The van der Waals surface area contributed by atoms with Crippen molar-refractivity contribution < 1.29 is 4.79 Å². The maximum Gasteiger partial charge on any atom is 0.276 e. The predicted octanol–water partition coefficient (Wildman–Crippen LogP) is 1.78. The van der Waals surface area contributed by atoms with Crippen LogP contribution in [0.1, 0.15) is 49.8 Å². The van der Waals surface area contributed by atoms with Crippen molar-refractivity contribution in [3.05, 3.63) is 11.4 Å². The summed E-state index contributed by atoms with van der Waals surface area (Å²) in [5.41, 5.74) is 7.73. The Morgan fingerprint density at radius 2 is 1.86 bits per heavy atom. The fraction of sp³-hybridized carbons (Fsp3) is 0.733. The van der Waals surface area contributed by atoms with Gasteiger partial charge in [0.1, 0.15) is 0 Å². The van der Waals surface area contributed by atoms with Crippen LogP contribution >= 0.6 is 0 Å². The van der Waals surface area contributed by atoms with E-state index in [-0.39, 0.29) is 11.8 Å². The smallest absolute Gasteiger partial charge is 0.276 e. The summed E-state index contributed by atoms with van der Waals surface area (Å²) in [6, 6.07) is 0. The molecule has 0 aliphatic heterocycles. The molecule has 1 aromatic rings. The van der Waals surface area contributed by atoms with E-state index in [9.17, 15) is 4.79 Å². The van der Waals surface area contributed by atoms with Gasteiger partial charge in [0.15, 0.2) is 5.69 Å². The van der Waals surface area contributed by atoms with Crippen LogP contribution in [0.15, 0.2) is 0 Å².